The minimum absolute atomic E-state index is 0.00529. The number of hydrogen-bond donors (Lipinski definition) is 3. The highest BCUT2D eigenvalue weighted by molar-refractivity contribution is 5.92. The molecule has 1 saturated heterocycles. The predicted molar refractivity (Wildman–Crippen MR) is 67.3 cm³/mol. The number of carbonyl (C=O) groups excluding carboxylic acids is 1. The van der Waals surface area contributed by atoms with Crippen molar-refractivity contribution in [1.29, 1.82) is 0 Å². The number of nitrogens with one attached hydrogen (secondary N) is 2. The van der Waals surface area contributed by atoms with Crippen molar-refractivity contribution in [2.45, 2.75) is 12.8 Å². The van der Waals surface area contributed by atoms with Gasteiger partial charge in [-0.25, -0.2) is 4.98 Å². The predicted octanol–water partition coefficient (Wildman–Crippen LogP) is -0.619. The number of rotatable bonds is 4. The lowest BCUT2D eigenvalue weighted by Gasteiger charge is -2.33. The van der Waals surface area contributed by atoms with Gasteiger partial charge in [-0.15, -0.1) is 0 Å². The first-order valence-corrected chi connectivity index (χ1v) is 6.18. The molecule has 0 radical (unpaired) electrons. The lowest BCUT2D eigenvalue weighted by atomic mass is 9.80. The average Bonchev–Trinajstić information content (AvgIpc) is 2.46. The van der Waals surface area contributed by atoms with Gasteiger partial charge in [0.15, 0.2) is 0 Å². The summed E-state index contributed by atoms with van der Waals surface area (Å²) in [4.78, 5) is 40.1. The van der Waals surface area contributed by atoms with Crippen LogP contribution in [0, 0.1) is 5.41 Å². The van der Waals surface area contributed by atoms with E-state index in [0.717, 1.165) is 6.20 Å². The smallest absolute Gasteiger partial charge is 0.311 e. The van der Waals surface area contributed by atoms with E-state index in [9.17, 15) is 19.5 Å². The number of carbonyl (C=O) groups is 2. The van der Waals surface area contributed by atoms with Crippen LogP contribution in [0.2, 0.25) is 0 Å². The molecule has 1 aromatic rings. The number of carboxylic acids is 1. The van der Waals surface area contributed by atoms with Crippen molar-refractivity contribution in [2.75, 3.05) is 19.8 Å². The van der Waals surface area contributed by atoms with Gasteiger partial charge in [0.2, 0.25) is 0 Å². The molecule has 1 fully saturated rings. The Labute approximate surface area is 114 Å². The van der Waals surface area contributed by atoms with E-state index in [4.69, 9.17) is 4.74 Å². The van der Waals surface area contributed by atoms with Crippen molar-refractivity contribution >= 4 is 11.9 Å². The van der Waals surface area contributed by atoms with Gasteiger partial charge in [0.25, 0.3) is 11.5 Å². The van der Waals surface area contributed by atoms with E-state index in [1.54, 1.807) is 0 Å². The molecule has 0 aromatic carbocycles. The zero-order valence-corrected chi connectivity index (χ0v) is 10.7. The van der Waals surface area contributed by atoms with Gasteiger partial charge in [0.05, 0.1) is 11.6 Å². The molecule has 0 spiro atoms. The average molecular weight is 281 g/mol. The minimum Gasteiger partial charge on any atom is -0.481 e. The molecule has 0 aliphatic carbocycles. The van der Waals surface area contributed by atoms with E-state index in [-0.39, 0.29) is 12.2 Å². The lowest BCUT2D eigenvalue weighted by molar-refractivity contribution is -0.154. The maximum Gasteiger partial charge on any atom is 0.311 e. The van der Waals surface area contributed by atoms with Gasteiger partial charge < -0.3 is 20.1 Å². The van der Waals surface area contributed by atoms with E-state index >= 15 is 0 Å². The summed E-state index contributed by atoms with van der Waals surface area (Å²) >= 11 is 0. The maximum atomic E-state index is 11.8. The molecule has 2 rings (SSSR count). The summed E-state index contributed by atoms with van der Waals surface area (Å²) < 4.78 is 5.15. The number of nitrogens with zero attached hydrogens (tertiary/aromatic N) is 1. The number of amides is 1. The second-order valence-corrected chi connectivity index (χ2v) is 4.68. The van der Waals surface area contributed by atoms with Gasteiger partial charge in [-0.3, -0.25) is 14.4 Å². The first-order chi connectivity index (χ1) is 9.53. The molecule has 8 heteroatoms. The lowest BCUT2D eigenvalue weighted by Crippen LogP contribution is -2.46. The summed E-state index contributed by atoms with van der Waals surface area (Å²) in [5.74, 6) is -1.47. The quantitative estimate of drug-likeness (QED) is 0.676. The first-order valence-electron chi connectivity index (χ1n) is 6.18. The number of ether oxygens (including phenoxy) is 1. The molecule has 0 bridgehead atoms. The Morgan fingerprint density at radius 1 is 1.45 bits per heavy atom. The number of aromatic nitrogens is 2. The molecule has 1 aliphatic heterocycles. The number of aliphatic carboxylic acids is 1. The molecule has 20 heavy (non-hydrogen) atoms. The Bertz CT molecular complexity index is 542. The highest BCUT2D eigenvalue weighted by Gasteiger charge is 2.40. The molecule has 108 valence electrons. The van der Waals surface area contributed by atoms with E-state index in [2.05, 4.69) is 15.3 Å². The van der Waals surface area contributed by atoms with Crippen molar-refractivity contribution in [1.82, 2.24) is 15.3 Å². The summed E-state index contributed by atoms with van der Waals surface area (Å²) in [6.07, 6.45) is 2.88. The monoisotopic (exact) mass is 281 g/mol. The Kier molecular flexibility index (Phi) is 4.14. The second kappa shape index (κ2) is 5.83. The van der Waals surface area contributed by atoms with Crippen LogP contribution in [0.3, 0.4) is 0 Å². The van der Waals surface area contributed by atoms with Crippen LogP contribution in [-0.2, 0) is 9.53 Å². The highest BCUT2D eigenvalue weighted by Crippen LogP contribution is 2.30. The molecule has 3 N–H and O–H groups in total. The van der Waals surface area contributed by atoms with E-state index in [1.165, 1.54) is 6.20 Å². The number of carboxylic acid groups (broad SMARTS) is 1. The normalized spacial score (nSPS) is 17.4. The fraction of sp³-hybridized carbons (Fsp3) is 0.500. The van der Waals surface area contributed by atoms with Gasteiger partial charge in [-0.05, 0) is 12.8 Å². The summed E-state index contributed by atoms with van der Waals surface area (Å²) in [5.41, 5.74) is -1.37. The summed E-state index contributed by atoms with van der Waals surface area (Å²) in [6, 6.07) is 0. The van der Waals surface area contributed by atoms with E-state index in [0.29, 0.717) is 26.1 Å². The van der Waals surface area contributed by atoms with Crippen LogP contribution < -0.4 is 10.9 Å². The van der Waals surface area contributed by atoms with Crippen molar-refractivity contribution in [2.24, 2.45) is 5.41 Å². The summed E-state index contributed by atoms with van der Waals surface area (Å²) in [5, 5.41) is 11.9. The Morgan fingerprint density at radius 2 is 2.15 bits per heavy atom. The standard InChI is InChI=1S/C12H15N3O5/c16-9-6-13-8(5-14-9)10(17)15-7-12(11(18)19)1-3-20-4-2-12/h5-6H,1-4,7H2,(H,14,16)(H,15,17)(H,18,19). The van der Waals surface area contributed by atoms with Gasteiger partial charge in [-0.1, -0.05) is 0 Å². The summed E-state index contributed by atoms with van der Waals surface area (Å²) in [6.45, 7) is 0.726. The van der Waals surface area contributed by atoms with Crippen molar-refractivity contribution in [3.8, 4) is 0 Å². The molecule has 0 atom stereocenters. The Balaban J connectivity index is 2.02. The molecule has 0 saturated carbocycles. The topological polar surface area (TPSA) is 121 Å². The highest BCUT2D eigenvalue weighted by atomic mass is 16.5. The molecule has 1 aromatic heterocycles. The third-order valence-corrected chi connectivity index (χ3v) is 3.40. The van der Waals surface area contributed by atoms with Crippen LogP contribution in [0.5, 0.6) is 0 Å². The second-order valence-electron chi connectivity index (χ2n) is 4.68. The van der Waals surface area contributed by atoms with Crippen LogP contribution in [0.15, 0.2) is 17.2 Å². The van der Waals surface area contributed by atoms with Crippen LogP contribution in [0.25, 0.3) is 0 Å². The molecule has 1 aliphatic rings. The number of H-pyrrole nitrogens is 1. The molecule has 8 nitrogen and oxygen atoms in total. The van der Waals surface area contributed by atoms with Crippen LogP contribution >= 0.6 is 0 Å². The van der Waals surface area contributed by atoms with Crippen LogP contribution in [0.4, 0.5) is 0 Å². The third kappa shape index (κ3) is 3.02. The number of aromatic amines is 1. The Hall–Kier alpha value is -2.22. The molecule has 2 heterocycles. The molecular formula is C12H15N3O5. The molecule has 0 unspecified atom stereocenters. The fourth-order valence-corrected chi connectivity index (χ4v) is 2.03. The zero-order valence-electron chi connectivity index (χ0n) is 10.7. The number of hydrogen-bond acceptors (Lipinski definition) is 5. The largest absolute Gasteiger partial charge is 0.481 e. The SMILES string of the molecule is O=C(NCC1(C(=O)O)CCOCC1)c1c[nH]c(=O)cn1. The minimum atomic E-state index is -1.00. The van der Waals surface area contributed by atoms with Crippen molar-refractivity contribution in [3.63, 3.8) is 0 Å². The fourth-order valence-electron chi connectivity index (χ4n) is 2.03. The van der Waals surface area contributed by atoms with Gasteiger partial charge in [0.1, 0.15) is 5.69 Å². The van der Waals surface area contributed by atoms with E-state index < -0.39 is 22.9 Å². The van der Waals surface area contributed by atoms with E-state index in [1.807, 2.05) is 0 Å². The molecular weight excluding hydrogens is 266 g/mol. The van der Waals surface area contributed by atoms with Gasteiger partial charge in [-0.2, -0.15) is 0 Å². The Morgan fingerprint density at radius 3 is 2.70 bits per heavy atom. The van der Waals surface area contributed by atoms with Crippen LogP contribution in [0.1, 0.15) is 23.3 Å². The van der Waals surface area contributed by atoms with Crippen molar-refractivity contribution < 1.29 is 19.4 Å². The van der Waals surface area contributed by atoms with Crippen molar-refractivity contribution in [3.05, 3.63) is 28.4 Å². The van der Waals surface area contributed by atoms with Gasteiger partial charge in [0, 0.05) is 26.0 Å². The summed E-state index contributed by atoms with van der Waals surface area (Å²) in [7, 11) is 0. The third-order valence-electron chi connectivity index (χ3n) is 3.40. The van der Waals surface area contributed by atoms with Crippen LogP contribution in [-0.4, -0.2) is 46.7 Å². The zero-order chi connectivity index (χ0) is 14.6. The maximum absolute atomic E-state index is 11.8. The molecule has 1 amide bonds. The van der Waals surface area contributed by atoms with Gasteiger partial charge >= 0.3 is 5.97 Å². The first kappa shape index (κ1) is 14.2.